The van der Waals surface area contributed by atoms with Crippen molar-refractivity contribution in [3.63, 3.8) is 0 Å². The van der Waals surface area contributed by atoms with E-state index in [2.05, 4.69) is 20.3 Å². The molecule has 2 aromatic carbocycles. The number of fused-ring (bicyclic) bond motifs is 1. The van der Waals surface area contributed by atoms with Crippen LogP contribution in [0.15, 0.2) is 59.5 Å². The number of aromatic amines is 2. The summed E-state index contributed by atoms with van der Waals surface area (Å²) in [6.45, 7) is 3.62. The molecule has 7 heteroatoms. The molecule has 4 rings (SSSR count). The van der Waals surface area contributed by atoms with Crippen molar-refractivity contribution in [3.05, 3.63) is 81.8 Å². The number of aliphatic hydroxyl groups is 1. The van der Waals surface area contributed by atoms with Gasteiger partial charge < -0.3 is 20.4 Å². The van der Waals surface area contributed by atoms with Crippen molar-refractivity contribution in [2.75, 3.05) is 11.9 Å². The molecule has 0 radical (unpaired) electrons. The summed E-state index contributed by atoms with van der Waals surface area (Å²) in [4.78, 5) is 34.8. The maximum atomic E-state index is 12.6. The topological polar surface area (TPSA) is 111 Å². The predicted octanol–water partition coefficient (Wildman–Crippen LogP) is 3.57. The van der Waals surface area contributed by atoms with Crippen LogP contribution in [0.2, 0.25) is 0 Å². The average molecular weight is 402 g/mol. The number of aryl methyl sites for hydroxylation is 1. The Kier molecular flexibility index (Phi) is 5.20. The van der Waals surface area contributed by atoms with Gasteiger partial charge in [0.15, 0.2) is 5.78 Å². The van der Waals surface area contributed by atoms with Crippen molar-refractivity contribution in [3.8, 4) is 11.4 Å². The second-order valence-corrected chi connectivity index (χ2v) is 7.23. The number of nitrogens with zero attached hydrogens (tertiary/aromatic N) is 1. The summed E-state index contributed by atoms with van der Waals surface area (Å²) < 4.78 is 0. The van der Waals surface area contributed by atoms with Crippen LogP contribution in [0.1, 0.15) is 34.5 Å². The first kappa shape index (κ1) is 19.6. The van der Waals surface area contributed by atoms with E-state index in [1.807, 2.05) is 37.3 Å². The van der Waals surface area contributed by atoms with E-state index >= 15 is 0 Å². The molecule has 152 valence electrons. The van der Waals surface area contributed by atoms with E-state index in [0.29, 0.717) is 33.7 Å². The summed E-state index contributed by atoms with van der Waals surface area (Å²) in [5.74, 6) is 0.360. The van der Waals surface area contributed by atoms with Gasteiger partial charge >= 0.3 is 0 Å². The number of H-pyrrole nitrogens is 2. The van der Waals surface area contributed by atoms with Crippen LogP contribution in [-0.2, 0) is 0 Å². The Morgan fingerprint density at radius 1 is 1.20 bits per heavy atom. The number of imidazole rings is 1. The number of Topliss-reactive ketones (excluding diaryl/α,β-unsaturated/α-hetero) is 1. The van der Waals surface area contributed by atoms with Gasteiger partial charge in [0, 0.05) is 18.3 Å². The fourth-order valence-corrected chi connectivity index (χ4v) is 3.47. The second-order valence-electron chi connectivity index (χ2n) is 7.23. The first-order valence-corrected chi connectivity index (χ1v) is 9.64. The molecule has 0 saturated carbocycles. The van der Waals surface area contributed by atoms with E-state index in [-0.39, 0.29) is 17.9 Å². The summed E-state index contributed by atoms with van der Waals surface area (Å²) in [5.41, 5.74) is 4.20. The SMILES string of the molecule is CC(=O)c1cc(C)c2nc(-c3c(NCC(O)c4ccccc4)cc[nH]c3=O)[nH]c2c1. The van der Waals surface area contributed by atoms with Gasteiger partial charge in [-0.2, -0.15) is 0 Å². The van der Waals surface area contributed by atoms with Gasteiger partial charge in [-0.3, -0.25) is 9.59 Å². The molecule has 0 fully saturated rings. The largest absolute Gasteiger partial charge is 0.387 e. The number of carbonyl (C=O) groups is 1. The highest BCUT2D eigenvalue weighted by atomic mass is 16.3. The fourth-order valence-electron chi connectivity index (χ4n) is 3.47. The standard InChI is InChI=1S/C23H22N4O3/c1-13-10-16(14(2)28)11-18-21(13)27-22(26-18)20-17(8-9-24-23(20)30)25-12-19(29)15-6-4-3-5-7-15/h3-11,19,29H,12H2,1-2H3,(H,26,27)(H2,24,25,30). The molecule has 0 aliphatic heterocycles. The Bertz CT molecular complexity index is 1270. The lowest BCUT2D eigenvalue weighted by Crippen LogP contribution is -2.17. The normalized spacial score (nSPS) is 12.1. The molecule has 0 bridgehead atoms. The van der Waals surface area contributed by atoms with Crippen molar-refractivity contribution in [2.45, 2.75) is 20.0 Å². The van der Waals surface area contributed by atoms with Crippen molar-refractivity contribution in [2.24, 2.45) is 0 Å². The highest BCUT2D eigenvalue weighted by molar-refractivity contribution is 5.98. The van der Waals surface area contributed by atoms with Crippen LogP contribution < -0.4 is 10.9 Å². The molecule has 0 spiro atoms. The monoisotopic (exact) mass is 402 g/mol. The zero-order valence-electron chi connectivity index (χ0n) is 16.7. The molecule has 7 nitrogen and oxygen atoms in total. The van der Waals surface area contributed by atoms with E-state index in [0.717, 1.165) is 11.1 Å². The Morgan fingerprint density at radius 3 is 2.70 bits per heavy atom. The number of aliphatic hydroxyl groups excluding tert-OH is 1. The molecule has 4 aromatic rings. The summed E-state index contributed by atoms with van der Waals surface area (Å²) in [6.07, 6.45) is 0.819. The quantitative estimate of drug-likeness (QED) is 0.369. The summed E-state index contributed by atoms with van der Waals surface area (Å²) in [7, 11) is 0. The van der Waals surface area contributed by atoms with E-state index in [1.54, 1.807) is 24.4 Å². The van der Waals surface area contributed by atoms with Crippen molar-refractivity contribution >= 4 is 22.5 Å². The molecule has 2 heterocycles. The van der Waals surface area contributed by atoms with Gasteiger partial charge in [-0.05, 0) is 43.2 Å². The van der Waals surface area contributed by atoms with Crippen LogP contribution in [0.4, 0.5) is 5.69 Å². The lowest BCUT2D eigenvalue weighted by Gasteiger charge is -2.14. The average Bonchev–Trinajstić information content (AvgIpc) is 3.17. The van der Waals surface area contributed by atoms with Crippen molar-refractivity contribution in [1.29, 1.82) is 0 Å². The van der Waals surface area contributed by atoms with Gasteiger partial charge in [-0.1, -0.05) is 30.3 Å². The number of aromatic nitrogens is 3. The number of nitrogens with one attached hydrogen (secondary N) is 3. The number of hydrogen-bond acceptors (Lipinski definition) is 5. The zero-order valence-corrected chi connectivity index (χ0v) is 16.7. The van der Waals surface area contributed by atoms with Crippen LogP contribution >= 0.6 is 0 Å². The number of anilines is 1. The number of ketones is 1. The van der Waals surface area contributed by atoms with Crippen LogP contribution in [0.25, 0.3) is 22.4 Å². The minimum absolute atomic E-state index is 0.0361. The van der Waals surface area contributed by atoms with Crippen LogP contribution in [0.3, 0.4) is 0 Å². The molecule has 1 unspecified atom stereocenters. The Labute approximate surface area is 172 Å². The third-order valence-corrected chi connectivity index (χ3v) is 5.05. The molecule has 4 N–H and O–H groups in total. The van der Waals surface area contributed by atoms with Gasteiger partial charge in [-0.25, -0.2) is 4.98 Å². The Morgan fingerprint density at radius 2 is 1.97 bits per heavy atom. The second kappa shape index (κ2) is 7.96. The Balaban J connectivity index is 1.70. The van der Waals surface area contributed by atoms with Crippen LogP contribution in [0.5, 0.6) is 0 Å². The highest BCUT2D eigenvalue weighted by Gasteiger charge is 2.17. The molecule has 1 atom stereocenters. The molecule has 0 aliphatic carbocycles. The molecule has 30 heavy (non-hydrogen) atoms. The van der Waals surface area contributed by atoms with Crippen LogP contribution in [0, 0.1) is 6.92 Å². The summed E-state index contributed by atoms with van der Waals surface area (Å²) >= 11 is 0. The molecule has 2 aromatic heterocycles. The van der Waals surface area contributed by atoms with Crippen LogP contribution in [-0.4, -0.2) is 32.4 Å². The van der Waals surface area contributed by atoms with E-state index in [1.165, 1.54) is 6.92 Å². The molecular formula is C23H22N4O3. The van der Waals surface area contributed by atoms with Gasteiger partial charge in [-0.15, -0.1) is 0 Å². The number of pyridine rings is 1. The highest BCUT2D eigenvalue weighted by Crippen LogP contribution is 2.27. The van der Waals surface area contributed by atoms with E-state index < -0.39 is 6.10 Å². The lowest BCUT2D eigenvalue weighted by atomic mass is 10.1. The van der Waals surface area contributed by atoms with Crippen molar-refractivity contribution < 1.29 is 9.90 Å². The Hall–Kier alpha value is -3.71. The fraction of sp³-hybridized carbons (Fsp3) is 0.174. The third kappa shape index (κ3) is 3.75. The number of carbonyl (C=O) groups excluding carboxylic acids is 1. The number of rotatable bonds is 6. The third-order valence-electron chi connectivity index (χ3n) is 5.05. The first-order valence-electron chi connectivity index (χ1n) is 9.64. The van der Waals surface area contributed by atoms with E-state index in [9.17, 15) is 14.7 Å². The number of benzene rings is 2. The number of hydrogen-bond donors (Lipinski definition) is 4. The van der Waals surface area contributed by atoms with Crippen molar-refractivity contribution in [1.82, 2.24) is 15.0 Å². The summed E-state index contributed by atoms with van der Waals surface area (Å²) in [6, 6.07) is 14.6. The lowest BCUT2D eigenvalue weighted by molar-refractivity contribution is 0.101. The minimum Gasteiger partial charge on any atom is -0.387 e. The summed E-state index contributed by atoms with van der Waals surface area (Å²) in [5, 5.41) is 13.6. The smallest absolute Gasteiger partial charge is 0.261 e. The molecule has 0 amide bonds. The van der Waals surface area contributed by atoms with Gasteiger partial charge in [0.25, 0.3) is 5.56 Å². The van der Waals surface area contributed by atoms with Gasteiger partial charge in [0.2, 0.25) is 0 Å². The van der Waals surface area contributed by atoms with E-state index in [4.69, 9.17) is 0 Å². The predicted molar refractivity (Wildman–Crippen MR) is 117 cm³/mol. The van der Waals surface area contributed by atoms with Gasteiger partial charge in [0.05, 0.1) is 22.8 Å². The van der Waals surface area contributed by atoms with Gasteiger partial charge in [0.1, 0.15) is 11.4 Å². The maximum Gasteiger partial charge on any atom is 0.261 e. The zero-order chi connectivity index (χ0) is 21.3. The molecule has 0 saturated heterocycles. The minimum atomic E-state index is -0.727. The molecular weight excluding hydrogens is 380 g/mol. The maximum absolute atomic E-state index is 12.6. The first-order chi connectivity index (χ1) is 14.4. The molecule has 0 aliphatic rings.